The zero-order valence-electron chi connectivity index (χ0n) is 23.4. The molecule has 0 atom stereocenters. The van der Waals surface area contributed by atoms with Crippen LogP contribution in [-0.4, -0.2) is 51.7 Å². The zero-order valence-corrected chi connectivity index (χ0v) is 25.8. The van der Waals surface area contributed by atoms with Gasteiger partial charge in [0.2, 0.25) is 0 Å². The van der Waals surface area contributed by atoms with Crippen LogP contribution in [0.2, 0.25) is 5.02 Å². The predicted molar refractivity (Wildman–Crippen MR) is 163 cm³/mol. The molecule has 222 valence electrons. The van der Waals surface area contributed by atoms with Crippen molar-refractivity contribution in [1.29, 1.82) is 0 Å². The normalized spacial score (nSPS) is 17.4. The second kappa shape index (κ2) is 12.3. The maximum atomic E-state index is 14.7. The topological polar surface area (TPSA) is 75.7 Å². The molecule has 11 heteroatoms. The van der Waals surface area contributed by atoms with E-state index >= 15 is 0 Å². The predicted octanol–water partition coefficient (Wildman–Crippen LogP) is 7.09. The highest BCUT2D eigenvalue weighted by Crippen LogP contribution is 2.40. The number of hydrogen-bond acceptors (Lipinski definition) is 6. The molecule has 0 unspecified atom stereocenters. The number of carbonyl (C=O) groups excluding carboxylic acids is 1. The van der Waals surface area contributed by atoms with E-state index in [0.29, 0.717) is 11.8 Å². The van der Waals surface area contributed by atoms with E-state index in [9.17, 15) is 22.0 Å². The Labute approximate surface area is 253 Å². The SMILES string of the molecule is CNC1CCC(N(Cc2cc(-c3ccc(S(C)(=O)=O)cc3)ccc2OC)C(=O)c2sc3c(F)ccc(F)c3c2Cl)CC1. The first-order valence-corrected chi connectivity index (χ1v) is 16.6. The number of methoxy groups -OCH3 is 1. The molecule has 0 spiro atoms. The summed E-state index contributed by atoms with van der Waals surface area (Å²) in [5.74, 6) is -1.12. The summed E-state index contributed by atoms with van der Waals surface area (Å²) < 4.78 is 58.8. The van der Waals surface area contributed by atoms with Crippen LogP contribution in [0.3, 0.4) is 0 Å². The third kappa shape index (κ3) is 6.04. The van der Waals surface area contributed by atoms with Crippen LogP contribution < -0.4 is 10.1 Å². The molecular formula is C31H31ClF2N2O4S2. The van der Waals surface area contributed by atoms with Gasteiger partial charge in [-0.05, 0) is 80.3 Å². The van der Waals surface area contributed by atoms with Crippen LogP contribution in [0.15, 0.2) is 59.5 Å². The third-order valence-electron chi connectivity index (χ3n) is 7.92. The maximum absolute atomic E-state index is 14.7. The molecule has 1 N–H and O–H groups in total. The number of fused-ring (bicyclic) bond motifs is 1. The van der Waals surface area contributed by atoms with Gasteiger partial charge in [-0.25, -0.2) is 17.2 Å². The van der Waals surface area contributed by atoms with Crippen LogP contribution >= 0.6 is 22.9 Å². The quantitative estimate of drug-likeness (QED) is 0.225. The first-order chi connectivity index (χ1) is 20.0. The van der Waals surface area contributed by atoms with Crippen molar-refractivity contribution < 1.29 is 26.7 Å². The number of carbonyl (C=O) groups is 1. The van der Waals surface area contributed by atoms with Crippen molar-refractivity contribution in [2.45, 2.75) is 49.2 Å². The lowest BCUT2D eigenvalue weighted by Gasteiger charge is -2.37. The molecule has 1 saturated carbocycles. The van der Waals surface area contributed by atoms with Gasteiger partial charge in [-0.3, -0.25) is 4.79 Å². The molecule has 1 aliphatic rings. The number of thiophene rings is 1. The molecule has 1 heterocycles. The molecule has 0 bridgehead atoms. The summed E-state index contributed by atoms with van der Waals surface area (Å²) in [6.45, 7) is 0.182. The number of nitrogens with one attached hydrogen (secondary N) is 1. The van der Waals surface area contributed by atoms with Gasteiger partial charge in [-0.2, -0.15) is 0 Å². The molecule has 6 nitrogen and oxygen atoms in total. The lowest BCUT2D eigenvalue weighted by atomic mass is 9.89. The molecule has 4 aromatic rings. The van der Waals surface area contributed by atoms with Crippen molar-refractivity contribution >= 4 is 48.8 Å². The summed E-state index contributed by atoms with van der Waals surface area (Å²) in [4.78, 5) is 16.3. The standard InChI is InChI=1S/C31H31ClF2N2O4S2/c1-35-21-7-9-22(10-8-21)36(31(37)30-28(32)27-24(33)13-14-25(34)29(27)41-30)17-20-16-19(6-15-26(20)40-2)18-4-11-23(12-5-18)42(3,38)39/h4-6,11-16,21-22,35H,7-10,17H2,1-3H3. The van der Waals surface area contributed by atoms with Crippen molar-refractivity contribution in [3.63, 3.8) is 0 Å². The van der Waals surface area contributed by atoms with Gasteiger partial charge in [0.1, 0.15) is 22.3 Å². The minimum Gasteiger partial charge on any atom is -0.496 e. The summed E-state index contributed by atoms with van der Waals surface area (Å²) in [6, 6.07) is 14.5. The number of amides is 1. The van der Waals surface area contributed by atoms with Gasteiger partial charge >= 0.3 is 0 Å². The van der Waals surface area contributed by atoms with Gasteiger partial charge in [-0.1, -0.05) is 29.8 Å². The van der Waals surface area contributed by atoms with Gasteiger partial charge in [0.05, 0.1) is 27.1 Å². The van der Waals surface area contributed by atoms with E-state index in [-0.39, 0.29) is 37.5 Å². The van der Waals surface area contributed by atoms with Crippen LogP contribution in [0.1, 0.15) is 40.9 Å². The van der Waals surface area contributed by atoms with E-state index in [0.717, 1.165) is 72.1 Å². The van der Waals surface area contributed by atoms with Crippen molar-refractivity contribution in [2.24, 2.45) is 0 Å². The highest BCUT2D eigenvalue weighted by molar-refractivity contribution is 7.90. The highest BCUT2D eigenvalue weighted by atomic mass is 35.5. The molecular weight excluding hydrogens is 602 g/mol. The summed E-state index contributed by atoms with van der Waals surface area (Å²) in [5, 5.41) is 3.14. The number of sulfone groups is 1. The zero-order chi connectivity index (χ0) is 30.2. The Morgan fingerprint density at radius 3 is 2.26 bits per heavy atom. The van der Waals surface area contributed by atoms with Crippen molar-refractivity contribution in [2.75, 3.05) is 20.4 Å². The average molecular weight is 633 g/mol. The Balaban J connectivity index is 1.55. The lowest BCUT2D eigenvalue weighted by molar-refractivity contribution is 0.0604. The number of benzene rings is 3. The second-order valence-electron chi connectivity index (χ2n) is 10.5. The largest absolute Gasteiger partial charge is 0.496 e. The van der Waals surface area contributed by atoms with Gasteiger partial charge in [0.15, 0.2) is 9.84 Å². The molecule has 1 amide bonds. The first-order valence-electron chi connectivity index (χ1n) is 13.5. The molecule has 1 aliphatic carbocycles. The summed E-state index contributed by atoms with van der Waals surface area (Å²) in [7, 11) is 0.142. The van der Waals surface area contributed by atoms with E-state index in [1.807, 2.05) is 25.2 Å². The van der Waals surface area contributed by atoms with E-state index in [2.05, 4.69) is 5.32 Å². The molecule has 0 saturated heterocycles. The number of rotatable bonds is 8. The van der Waals surface area contributed by atoms with E-state index in [1.165, 1.54) is 0 Å². The molecule has 3 aromatic carbocycles. The second-order valence-corrected chi connectivity index (χ2v) is 13.9. The Hall–Kier alpha value is -3.05. The van der Waals surface area contributed by atoms with E-state index < -0.39 is 27.4 Å². The summed E-state index contributed by atoms with van der Waals surface area (Å²) >= 11 is 7.41. The van der Waals surface area contributed by atoms with Crippen molar-refractivity contribution in [1.82, 2.24) is 10.2 Å². The molecule has 5 rings (SSSR count). The summed E-state index contributed by atoms with van der Waals surface area (Å²) in [5.41, 5.74) is 2.36. The van der Waals surface area contributed by atoms with Gasteiger partial charge in [0.25, 0.3) is 5.91 Å². The smallest absolute Gasteiger partial charge is 0.266 e. The van der Waals surface area contributed by atoms with E-state index in [1.54, 1.807) is 36.3 Å². The van der Waals surface area contributed by atoms with Crippen molar-refractivity contribution in [3.8, 4) is 16.9 Å². The molecule has 1 aromatic heterocycles. The minimum absolute atomic E-state index is 0.0132. The Morgan fingerprint density at radius 2 is 1.67 bits per heavy atom. The van der Waals surface area contributed by atoms with Crippen LogP contribution in [0.25, 0.3) is 21.2 Å². The highest BCUT2D eigenvalue weighted by Gasteiger charge is 2.33. The Morgan fingerprint density at radius 1 is 1.02 bits per heavy atom. The molecule has 1 fully saturated rings. The van der Waals surface area contributed by atoms with Crippen LogP contribution in [0, 0.1) is 11.6 Å². The molecule has 0 aliphatic heterocycles. The maximum Gasteiger partial charge on any atom is 0.266 e. The summed E-state index contributed by atoms with van der Waals surface area (Å²) in [6.07, 6.45) is 4.40. The average Bonchev–Trinajstić information content (AvgIpc) is 3.35. The number of hydrogen-bond donors (Lipinski definition) is 1. The fourth-order valence-electron chi connectivity index (χ4n) is 5.57. The van der Waals surface area contributed by atoms with E-state index in [4.69, 9.17) is 16.3 Å². The van der Waals surface area contributed by atoms with Crippen molar-refractivity contribution in [3.05, 3.63) is 81.7 Å². The third-order valence-corrected chi connectivity index (χ3v) is 10.7. The van der Waals surface area contributed by atoms with Gasteiger partial charge in [-0.15, -0.1) is 11.3 Å². The van der Waals surface area contributed by atoms with Crippen LogP contribution in [0.4, 0.5) is 8.78 Å². The lowest BCUT2D eigenvalue weighted by Crippen LogP contribution is -2.44. The fourth-order valence-corrected chi connectivity index (χ4v) is 7.70. The minimum atomic E-state index is -3.34. The van der Waals surface area contributed by atoms with Crippen LogP contribution in [-0.2, 0) is 16.4 Å². The van der Waals surface area contributed by atoms with Gasteiger partial charge < -0.3 is 15.0 Å². The monoisotopic (exact) mass is 632 g/mol. The fraction of sp³-hybridized carbons (Fsp3) is 0.323. The molecule has 42 heavy (non-hydrogen) atoms. The Bertz CT molecular complexity index is 1730. The van der Waals surface area contributed by atoms with Gasteiger partial charge in [0, 0.05) is 30.4 Å². The first kappa shape index (κ1) is 30.4. The Kier molecular flexibility index (Phi) is 8.89. The molecule has 0 radical (unpaired) electrons. The number of halogens is 3. The number of nitrogens with zero attached hydrogens (tertiary/aromatic N) is 1. The van der Waals surface area contributed by atoms with Crippen LogP contribution in [0.5, 0.6) is 5.75 Å². The number of ether oxygens (including phenoxy) is 1.